The molecule has 4 rings (SSSR count). The van der Waals surface area contributed by atoms with Crippen LogP contribution in [0.1, 0.15) is 11.1 Å². The van der Waals surface area contributed by atoms with Gasteiger partial charge in [-0.2, -0.15) is 13.2 Å². The molecule has 31 heavy (non-hydrogen) atoms. The van der Waals surface area contributed by atoms with Crippen molar-refractivity contribution in [1.29, 1.82) is 0 Å². The van der Waals surface area contributed by atoms with Crippen molar-refractivity contribution in [3.05, 3.63) is 77.9 Å². The lowest BCUT2D eigenvalue weighted by Gasteiger charge is -2.09. The monoisotopic (exact) mass is 428 g/mol. The maximum absolute atomic E-state index is 12.9. The number of H-pyrrole nitrogens is 1. The molecule has 0 aliphatic carbocycles. The summed E-state index contributed by atoms with van der Waals surface area (Å²) >= 11 is 0. The molecule has 5 nitrogen and oxygen atoms in total. The third-order valence-corrected chi connectivity index (χ3v) is 4.75. The first kappa shape index (κ1) is 20.6. The molecule has 0 saturated heterocycles. The smallest absolute Gasteiger partial charge is 0.416 e. The molecule has 1 aromatic heterocycles. The van der Waals surface area contributed by atoms with Crippen LogP contribution in [0.5, 0.6) is 5.75 Å². The summed E-state index contributed by atoms with van der Waals surface area (Å²) in [6.45, 7) is 0.637. The van der Waals surface area contributed by atoms with Crippen LogP contribution < -0.4 is 10.1 Å². The Kier molecular flexibility index (Phi) is 5.70. The quantitative estimate of drug-likeness (QED) is 0.391. The first-order valence-electron chi connectivity index (χ1n) is 9.60. The van der Waals surface area contributed by atoms with Gasteiger partial charge in [-0.05, 0) is 29.8 Å². The van der Waals surface area contributed by atoms with Gasteiger partial charge in [0.2, 0.25) is 0 Å². The number of carbonyl (C=O) groups excluding carboxylic acids is 1. The highest BCUT2D eigenvalue weighted by Gasteiger charge is 2.30. The molecule has 0 aliphatic heterocycles. The highest BCUT2D eigenvalue weighted by molar-refractivity contribution is 6.07. The van der Waals surface area contributed by atoms with Gasteiger partial charge in [-0.1, -0.05) is 36.4 Å². The molecule has 0 atom stereocenters. The summed E-state index contributed by atoms with van der Waals surface area (Å²) in [5, 5.41) is 4.11. The van der Waals surface area contributed by atoms with Crippen molar-refractivity contribution in [2.45, 2.75) is 12.8 Å². The molecule has 0 aliphatic rings. The fraction of sp³-hybridized carbons (Fsp3) is 0.174. The molecule has 0 unspecified atom stereocenters. The Balaban J connectivity index is 1.32. The van der Waals surface area contributed by atoms with Gasteiger partial charge in [0.15, 0.2) is 0 Å². The van der Waals surface area contributed by atoms with Crippen molar-refractivity contribution < 1.29 is 27.4 Å². The third-order valence-electron chi connectivity index (χ3n) is 4.75. The van der Waals surface area contributed by atoms with Crippen molar-refractivity contribution in [2.75, 3.05) is 13.2 Å². The minimum atomic E-state index is -4.39. The molecule has 0 radical (unpaired) electrons. The third kappa shape index (κ3) is 4.91. The van der Waals surface area contributed by atoms with Crippen molar-refractivity contribution in [3.63, 3.8) is 0 Å². The van der Waals surface area contributed by atoms with E-state index >= 15 is 0 Å². The summed E-state index contributed by atoms with van der Waals surface area (Å²) in [6, 6.07) is 18.2. The Morgan fingerprint density at radius 2 is 1.65 bits per heavy atom. The Labute approximate surface area is 175 Å². The van der Waals surface area contributed by atoms with Gasteiger partial charge in [0.25, 0.3) is 0 Å². The minimum Gasteiger partial charge on any atom is -0.492 e. The number of rotatable bonds is 6. The van der Waals surface area contributed by atoms with Gasteiger partial charge in [-0.15, -0.1) is 0 Å². The van der Waals surface area contributed by atoms with E-state index in [1.54, 1.807) is 18.2 Å². The van der Waals surface area contributed by atoms with Crippen molar-refractivity contribution in [2.24, 2.45) is 0 Å². The van der Waals surface area contributed by atoms with Gasteiger partial charge >= 0.3 is 12.3 Å². The average molecular weight is 428 g/mol. The van der Waals surface area contributed by atoms with E-state index in [0.29, 0.717) is 22.2 Å². The number of amides is 1. The number of hydrogen-bond donors (Lipinski definition) is 2. The van der Waals surface area contributed by atoms with Crippen LogP contribution in [-0.4, -0.2) is 24.2 Å². The number of alkyl halides is 3. The number of alkyl carbamates (subject to hydrolysis) is 1. The van der Waals surface area contributed by atoms with E-state index in [-0.39, 0.29) is 19.8 Å². The van der Waals surface area contributed by atoms with Gasteiger partial charge in [0, 0.05) is 22.4 Å². The topological polar surface area (TPSA) is 63.3 Å². The molecule has 3 aromatic carbocycles. The summed E-state index contributed by atoms with van der Waals surface area (Å²) in [4.78, 5) is 14.7. The Bertz CT molecular complexity index is 1200. The van der Waals surface area contributed by atoms with E-state index in [9.17, 15) is 18.0 Å². The van der Waals surface area contributed by atoms with E-state index in [1.807, 2.05) is 30.3 Å². The zero-order valence-corrected chi connectivity index (χ0v) is 16.3. The lowest BCUT2D eigenvalue weighted by molar-refractivity contribution is -0.137. The van der Waals surface area contributed by atoms with Crippen LogP contribution in [0.2, 0.25) is 0 Å². The largest absolute Gasteiger partial charge is 0.492 e. The summed E-state index contributed by atoms with van der Waals surface area (Å²) < 4.78 is 49.5. The van der Waals surface area contributed by atoms with Crippen molar-refractivity contribution >= 4 is 27.9 Å². The number of aromatic nitrogens is 1. The zero-order valence-electron chi connectivity index (χ0n) is 16.3. The molecular formula is C23H19F3N2O3. The molecule has 1 heterocycles. The van der Waals surface area contributed by atoms with Crippen LogP contribution in [0.3, 0.4) is 0 Å². The number of nitrogens with one attached hydrogen (secondary N) is 2. The van der Waals surface area contributed by atoms with Gasteiger partial charge in [0.05, 0.1) is 17.6 Å². The lowest BCUT2D eigenvalue weighted by atomic mass is 10.1. The molecule has 0 bridgehead atoms. The second-order valence-electron chi connectivity index (χ2n) is 6.93. The maximum atomic E-state index is 12.9. The SMILES string of the molecule is O=C(NCCOc1ccc2c(c1)[nH]c1cc(C(F)(F)F)ccc12)OCc1ccccc1. The molecule has 2 N–H and O–H groups in total. The van der Waals surface area contributed by atoms with Gasteiger partial charge in [-0.25, -0.2) is 4.79 Å². The summed E-state index contributed by atoms with van der Waals surface area (Å²) in [5.74, 6) is 0.537. The molecule has 0 saturated carbocycles. The van der Waals surface area contributed by atoms with E-state index < -0.39 is 17.8 Å². The average Bonchev–Trinajstić information content (AvgIpc) is 3.12. The minimum absolute atomic E-state index is 0.181. The summed E-state index contributed by atoms with van der Waals surface area (Å²) in [7, 11) is 0. The zero-order chi connectivity index (χ0) is 21.8. The van der Waals surface area contributed by atoms with Crippen LogP contribution in [0.25, 0.3) is 21.8 Å². The number of ether oxygens (including phenoxy) is 2. The highest BCUT2D eigenvalue weighted by atomic mass is 19.4. The molecule has 4 aromatic rings. The standard InChI is InChI=1S/C23H19F3N2O3/c24-23(25,26)16-6-8-18-19-9-7-17(13-21(19)28-20(18)12-16)30-11-10-27-22(29)31-14-15-4-2-1-3-5-15/h1-9,12-13,28H,10-11,14H2,(H,27,29). The fourth-order valence-corrected chi connectivity index (χ4v) is 3.25. The number of carbonyl (C=O) groups is 1. The number of halogens is 3. The summed E-state index contributed by atoms with van der Waals surface area (Å²) in [5.41, 5.74) is 1.27. The normalized spacial score (nSPS) is 11.6. The maximum Gasteiger partial charge on any atom is 0.416 e. The predicted molar refractivity (Wildman–Crippen MR) is 111 cm³/mol. The molecule has 1 amide bonds. The molecule has 0 fully saturated rings. The Hall–Kier alpha value is -3.68. The second kappa shape index (κ2) is 8.59. The first-order chi connectivity index (χ1) is 14.9. The Morgan fingerprint density at radius 1 is 0.935 bits per heavy atom. The number of benzene rings is 3. The molecule has 160 valence electrons. The molecule has 0 spiro atoms. The van der Waals surface area contributed by atoms with Crippen LogP contribution in [0.4, 0.5) is 18.0 Å². The van der Waals surface area contributed by atoms with E-state index in [1.165, 1.54) is 6.07 Å². The van der Waals surface area contributed by atoms with Crippen molar-refractivity contribution in [1.82, 2.24) is 10.3 Å². The summed E-state index contributed by atoms with van der Waals surface area (Å²) in [6.07, 6.45) is -4.94. The fourth-order valence-electron chi connectivity index (χ4n) is 3.25. The van der Waals surface area contributed by atoms with Crippen molar-refractivity contribution in [3.8, 4) is 5.75 Å². The lowest BCUT2D eigenvalue weighted by Crippen LogP contribution is -2.28. The number of hydrogen-bond acceptors (Lipinski definition) is 3. The van der Waals surface area contributed by atoms with Gasteiger partial charge < -0.3 is 19.8 Å². The highest BCUT2D eigenvalue weighted by Crippen LogP contribution is 2.34. The van der Waals surface area contributed by atoms with Crippen LogP contribution in [0.15, 0.2) is 66.7 Å². The Morgan fingerprint density at radius 3 is 2.39 bits per heavy atom. The van der Waals surface area contributed by atoms with Gasteiger partial charge in [0.1, 0.15) is 19.0 Å². The van der Waals surface area contributed by atoms with Crippen LogP contribution in [0, 0.1) is 0 Å². The number of fused-ring (bicyclic) bond motifs is 3. The number of aromatic amines is 1. The van der Waals surface area contributed by atoms with E-state index in [0.717, 1.165) is 23.1 Å². The molecule has 8 heteroatoms. The van der Waals surface area contributed by atoms with Crippen LogP contribution in [-0.2, 0) is 17.5 Å². The molecular weight excluding hydrogens is 409 g/mol. The first-order valence-corrected chi connectivity index (χ1v) is 9.60. The van der Waals surface area contributed by atoms with E-state index in [2.05, 4.69) is 10.3 Å². The van der Waals surface area contributed by atoms with Gasteiger partial charge in [-0.3, -0.25) is 0 Å². The van der Waals surface area contributed by atoms with E-state index in [4.69, 9.17) is 9.47 Å². The van der Waals surface area contributed by atoms with Crippen LogP contribution >= 0.6 is 0 Å². The second-order valence-corrected chi connectivity index (χ2v) is 6.93. The predicted octanol–water partition coefficient (Wildman–Crippen LogP) is 5.65.